The van der Waals surface area contributed by atoms with Gasteiger partial charge >= 0.3 is 12.1 Å². The van der Waals surface area contributed by atoms with E-state index in [1.807, 2.05) is 32.9 Å². The first-order chi connectivity index (χ1) is 12.2. The number of fused-ring (bicyclic) bond motifs is 1. The van der Waals surface area contributed by atoms with Gasteiger partial charge in [0.2, 0.25) is 0 Å². The van der Waals surface area contributed by atoms with Crippen LogP contribution in [0.1, 0.15) is 48.0 Å². The molecule has 8 nitrogen and oxygen atoms in total. The fourth-order valence-corrected chi connectivity index (χ4v) is 2.85. The van der Waals surface area contributed by atoms with Crippen LogP contribution in [0.4, 0.5) is 4.79 Å². The maximum Gasteiger partial charge on any atom is 0.410 e. The third kappa shape index (κ3) is 4.19. The van der Waals surface area contributed by atoms with Crippen LogP contribution in [-0.2, 0) is 24.2 Å². The van der Waals surface area contributed by atoms with E-state index in [9.17, 15) is 9.59 Å². The van der Waals surface area contributed by atoms with Gasteiger partial charge in [-0.1, -0.05) is 23.4 Å². The molecule has 1 aliphatic rings. The fourth-order valence-electron chi connectivity index (χ4n) is 2.85. The van der Waals surface area contributed by atoms with Gasteiger partial charge in [0.15, 0.2) is 5.69 Å². The molecule has 0 saturated heterocycles. The lowest BCUT2D eigenvalue weighted by Gasteiger charge is -2.31. The average molecular weight is 358 g/mol. The zero-order valence-corrected chi connectivity index (χ0v) is 15.1. The molecule has 0 aliphatic carbocycles. The minimum atomic E-state index is -1.09. The van der Waals surface area contributed by atoms with Gasteiger partial charge in [0, 0.05) is 13.1 Å². The van der Waals surface area contributed by atoms with Crippen molar-refractivity contribution in [2.75, 3.05) is 6.54 Å². The first kappa shape index (κ1) is 17.9. The van der Waals surface area contributed by atoms with Crippen molar-refractivity contribution in [3.63, 3.8) is 0 Å². The number of hydrogen-bond acceptors (Lipinski definition) is 5. The van der Waals surface area contributed by atoms with Gasteiger partial charge in [-0.25, -0.2) is 14.3 Å². The molecule has 2 heterocycles. The van der Waals surface area contributed by atoms with Crippen LogP contribution in [0.5, 0.6) is 0 Å². The molecule has 3 rings (SSSR count). The molecule has 0 atom stereocenters. The van der Waals surface area contributed by atoms with Crippen molar-refractivity contribution in [1.82, 2.24) is 19.9 Å². The van der Waals surface area contributed by atoms with Crippen molar-refractivity contribution in [2.24, 2.45) is 0 Å². The van der Waals surface area contributed by atoms with Gasteiger partial charge in [0.1, 0.15) is 5.60 Å². The number of nitrogens with zero attached hydrogens (tertiary/aromatic N) is 4. The summed E-state index contributed by atoms with van der Waals surface area (Å²) >= 11 is 0. The Hall–Kier alpha value is -2.90. The quantitative estimate of drug-likeness (QED) is 0.904. The summed E-state index contributed by atoms with van der Waals surface area (Å²) < 4.78 is 6.94. The first-order valence-electron chi connectivity index (χ1n) is 8.43. The second-order valence-electron chi connectivity index (χ2n) is 7.36. The van der Waals surface area contributed by atoms with E-state index in [0.717, 1.165) is 17.5 Å². The largest absolute Gasteiger partial charge is 0.476 e. The normalized spacial score (nSPS) is 14.0. The number of ether oxygens (including phenoxy) is 1. The Morgan fingerprint density at radius 3 is 2.69 bits per heavy atom. The molecule has 2 aromatic rings. The zero-order chi connectivity index (χ0) is 18.9. The van der Waals surface area contributed by atoms with Crippen molar-refractivity contribution in [1.29, 1.82) is 0 Å². The molecule has 0 unspecified atom stereocenters. The third-order valence-corrected chi connectivity index (χ3v) is 4.04. The van der Waals surface area contributed by atoms with Gasteiger partial charge in [-0.05, 0) is 43.9 Å². The van der Waals surface area contributed by atoms with E-state index in [-0.39, 0.29) is 11.8 Å². The minimum Gasteiger partial charge on any atom is -0.476 e. The molecule has 8 heteroatoms. The van der Waals surface area contributed by atoms with Crippen LogP contribution in [0.15, 0.2) is 24.4 Å². The molecule has 1 aromatic heterocycles. The predicted molar refractivity (Wildman–Crippen MR) is 92.9 cm³/mol. The maximum atomic E-state index is 12.2. The fraction of sp³-hybridized carbons (Fsp3) is 0.444. The Balaban J connectivity index is 1.68. The lowest BCUT2D eigenvalue weighted by atomic mass is 9.97. The van der Waals surface area contributed by atoms with Crippen LogP contribution in [0, 0.1) is 0 Å². The molecule has 1 N–H and O–H groups in total. The molecule has 1 amide bonds. The number of carbonyl (C=O) groups excluding carboxylic acids is 1. The van der Waals surface area contributed by atoms with Crippen LogP contribution in [0.2, 0.25) is 0 Å². The summed E-state index contributed by atoms with van der Waals surface area (Å²) in [5.41, 5.74) is 2.71. The number of carboxylic acids is 1. The molecule has 0 fully saturated rings. The molecule has 0 bridgehead atoms. The highest BCUT2D eigenvalue weighted by Crippen LogP contribution is 2.22. The highest BCUT2D eigenvalue weighted by Gasteiger charge is 2.25. The van der Waals surface area contributed by atoms with Crippen molar-refractivity contribution in [3.8, 4) is 0 Å². The topological polar surface area (TPSA) is 97.5 Å². The van der Waals surface area contributed by atoms with Crippen molar-refractivity contribution >= 4 is 12.1 Å². The molecule has 0 radical (unpaired) electrons. The predicted octanol–water partition coefficient (Wildman–Crippen LogP) is 2.32. The molecule has 26 heavy (non-hydrogen) atoms. The summed E-state index contributed by atoms with van der Waals surface area (Å²) in [6.45, 7) is 7.15. The lowest BCUT2D eigenvalue weighted by molar-refractivity contribution is 0.0224. The third-order valence-electron chi connectivity index (χ3n) is 4.04. The standard InChI is InChI=1S/C18H22N4O4/c1-18(2,3)26-17(25)21-7-6-13-8-12(4-5-14(13)10-21)9-22-11-15(16(23)24)19-20-22/h4-5,8,11H,6-7,9-10H2,1-3H3,(H,23,24). The summed E-state index contributed by atoms with van der Waals surface area (Å²) in [5, 5.41) is 16.3. The number of carboxylic acid groups (broad SMARTS) is 1. The van der Waals surface area contributed by atoms with Crippen LogP contribution < -0.4 is 0 Å². The monoisotopic (exact) mass is 358 g/mol. The number of amides is 1. The molecule has 1 aliphatic heterocycles. The lowest BCUT2D eigenvalue weighted by Crippen LogP contribution is -2.39. The Bertz CT molecular complexity index is 838. The van der Waals surface area contributed by atoms with E-state index in [2.05, 4.69) is 16.4 Å². The number of carbonyl (C=O) groups is 2. The van der Waals surface area contributed by atoms with Gasteiger partial charge in [0.05, 0.1) is 12.7 Å². The second-order valence-corrected chi connectivity index (χ2v) is 7.36. The number of hydrogen-bond donors (Lipinski definition) is 1. The van der Waals surface area contributed by atoms with E-state index < -0.39 is 11.6 Å². The highest BCUT2D eigenvalue weighted by molar-refractivity contribution is 5.84. The Kier molecular flexibility index (Phi) is 4.67. The van der Waals surface area contributed by atoms with Gasteiger partial charge in [0.25, 0.3) is 0 Å². The van der Waals surface area contributed by atoms with E-state index >= 15 is 0 Å². The van der Waals surface area contributed by atoms with Gasteiger partial charge in [-0.15, -0.1) is 5.10 Å². The number of aromatic carboxylic acids is 1. The smallest absolute Gasteiger partial charge is 0.410 e. The molecule has 138 valence electrons. The van der Waals surface area contributed by atoms with Gasteiger partial charge in [-0.3, -0.25) is 0 Å². The van der Waals surface area contributed by atoms with Crippen molar-refractivity contribution < 1.29 is 19.4 Å². The Morgan fingerprint density at radius 2 is 2.04 bits per heavy atom. The summed E-state index contributed by atoms with van der Waals surface area (Å²) in [6.07, 6.45) is 1.86. The SMILES string of the molecule is CC(C)(C)OC(=O)N1CCc2cc(Cn3cc(C(=O)O)nn3)ccc2C1. The van der Waals surface area contributed by atoms with E-state index in [1.54, 1.807) is 4.90 Å². The summed E-state index contributed by atoms with van der Waals surface area (Å²) in [7, 11) is 0. The zero-order valence-electron chi connectivity index (χ0n) is 15.1. The van der Waals surface area contributed by atoms with Gasteiger partial charge < -0.3 is 14.7 Å². The summed E-state index contributed by atoms with van der Waals surface area (Å²) in [6, 6.07) is 6.03. The molecular weight excluding hydrogens is 336 g/mol. The van der Waals surface area contributed by atoms with E-state index in [4.69, 9.17) is 9.84 Å². The maximum absolute atomic E-state index is 12.2. The van der Waals surface area contributed by atoms with Crippen LogP contribution >= 0.6 is 0 Å². The Morgan fingerprint density at radius 1 is 1.27 bits per heavy atom. The van der Waals surface area contributed by atoms with Gasteiger partial charge in [-0.2, -0.15) is 0 Å². The Labute approximate surface area is 151 Å². The molecular formula is C18H22N4O4. The first-order valence-corrected chi connectivity index (χ1v) is 8.43. The molecule has 1 aromatic carbocycles. The minimum absolute atomic E-state index is 0.0732. The second kappa shape index (κ2) is 6.78. The van der Waals surface area contributed by atoms with Crippen molar-refractivity contribution in [2.45, 2.75) is 45.9 Å². The molecule has 0 spiro atoms. The number of rotatable bonds is 3. The van der Waals surface area contributed by atoms with Crippen LogP contribution in [0.25, 0.3) is 0 Å². The van der Waals surface area contributed by atoms with Crippen LogP contribution in [0.3, 0.4) is 0 Å². The highest BCUT2D eigenvalue weighted by atomic mass is 16.6. The molecule has 0 saturated carbocycles. The summed E-state index contributed by atoms with van der Waals surface area (Å²) in [4.78, 5) is 24.8. The van der Waals surface area contributed by atoms with E-state index in [0.29, 0.717) is 19.6 Å². The average Bonchev–Trinajstić information content (AvgIpc) is 3.01. The summed E-state index contributed by atoms with van der Waals surface area (Å²) in [5.74, 6) is -1.09. The number of aromatic nitrogens is 3. The van der Waals surface area contributed by atoms with E-state index in [1.165, 1.54) is 16.4 Å². The van der Waals surface area contributed by atoms with Crippen LogP contribution in [-0.4, -0.2) is 49.2 Å². The number of benzene rings is 1. The van der Waals surface area contributed by atoms with Crippen molar-refractivity contribution in [3.05, 3.63) is 46.8 Å².